The second kappa shape index (κ2) is 15.6. The lowest BCUT2D eigenvalue weighted by molar-refractivity contribution is -0.147. The fourth-order valence-corrected chi connectivity index (χ4v) is 8.79. The van der Waals surface area contributed by atoms with E-state index in [1.54, 1.807) is 21.1 Å². The number of ether oxygens (including phenoxy) is 2. The number of nitrogens with zero attached hydrogens (tertiary/aromatic N) is 2. The summed E-state index contributed by atoms with van der Waals surface area (Å²) in [4.78, 5) is 30.4. The van der Waals surface area contributed by atoms with E-state index >= 15 is 0 Å². The molecule has 0 saturated carbocycles. The standard InChI is InChI=1S/C42H46Cl2N4O5/c1-42(41(50)51)19-20-48(24-42)23-26-21-33(43)36(22-37(26)52-2)46-34-17-15-29-28(9-5-10-30(29)34)31-11-6-12-32(39(31)44)35-16-13-25(40(47-35)53-3)7-4-8-27-14-18-38(49)45-27/h5-6,9-13,16,21-22,27,34,46H,4,7-8,14-15,17-20,23-24H2,1-3H3,(H,45,49)(H,50,51)/t27-,34+,42-/m1/s1. The summed E-state index contributed by atoms with van der Waals surface area (Å²) in [5, 5.41) is 17.6. The summed E-state index contributed by atoms with van der Waals surface area (Å²) in [6.07, 6.45) is 6.58. The molecule has 3 aliphatic rings. The zero-order valence-corrected chi connectivity index (χ0v) is 31.9. The molecule has 1 aliphatic carbocycles. The fourth-order valence-electron chi connectivity index (χ4n) is 8.23. The van der Waals surface area contributed by atoms with Gasteiger partial charge in [-0.25, -0.2) is 4.98 Å². The van der Waals surface area contributed by atoms with Crippen LogP contribution in [0.1, 0.15) is 73.7 Å². The zero-order chi connectivity index (χ0) is 37.3. The first-order valence-electron chi connectivity index (χ1n) is 18.4. The Morgan fingerprint density at radius 3 is 2.55 bits per heavy atom. The lowest BCUT2D eigenvalue weighted by Crippen LogP contribution is -2.31. The van der Waals surface area contributed by atoms with Gasteiger partial charge >= 0.3 is 5.97 Å². The van der Waals surface area contributed by atoms with Crippen LogP contribution >= 0.6 is 23.2 Å². The Bertz CT molecular complexity index is 2040. The number of aliphatic carboxylic acids is 1. The number of carbonyl (C=O) groups excluding carboxylic acids is 1. The molecular weight excluding hydrogens is 711 g/mol. The van der Waals surface area contributed by atoms with Gasteiger partial charge in [0, 0.05) is 53.9 Å². The van der Waals surface area contributed by atoms with E-state index < -0.39 is 11.4 Å². The minimum Gasteiger partial charge on any atom is -0.496 e. The van der Waals surface area contributed by atoms with Crippen molar-refractivity contribution in [3.8, 4) is 34.0 Å². The highest BCUT2D eigenvalue weighted by atomic mass is 35.5. The molecule has 0 unspecified atom stereocenters. The Morgan fingerprint density at radius 2 is 1.81 bits per heavy atom. The Labute approximate surface area is 321 Å². The first kappa shape index (κ1) is 37.0. The van der Waals surface area contributed by atoms with Crippen LogP contribution in [0.25, 0.3) is 22.4 Å². The summed E-state index contributed by atoms with van der Waals surface area (Å²) in [6, 6.07) is 20.7. The minimum atomic E-state index is -0.761. The third kappa shape index (κ3) is 7.70. The Hall–Kier alpha value is -4.31. The van der Waals surface area contributed by atoms with Gasteiger partial charge in [-0.05, 0) is 87.2 Å². The van der Waals surface area contributed by atoms with Gasteiger partial charge in [-0.1, -0.05) is 65.7 Å². The molecule has 3 atom stereocenters. The Balaban J connectivity index is 1.08. The number of anilines is 1. The first-order valence-corrected chi connectivity index (χ1v) is 19.2. The number of hydrogen-bond donors (Lipinski definition) is 3. The molecule has 9 nitrogen and oxygen atoms in total. The lowest BCUT2D eigenvalue weighted by atomic mass is 9.90. The molecule has 4 aromatic rings. The molecule has 3 heterocycles. The van der Waals surface area contributed by atoms with E-state index in [0.717, 1.165) is 77.7 Å². The molecule has 2 aliphatic heterocycles. The molecule has 2 fully saturated rings. The normalized spacial score (nSPS) is 21.0. The maximum absolute atomic E-state index is 11.8. The smallest absolute Gasteiger partial charge is 0.310 e. The summed E-state index contributed by atoms with van der Waals surface area (Å²) < 4.78 is 11.5. The van der Waals surface area contributed by atoms with E-state index in [2.05, 4.69) is 45.9 Å². The van der Waals surface area contributed by atoms with Crippen LogP contribution in [0, 0.1) is 5.41 Å². The SMILES string of the molecule is COc1cc(N[C@H]2CCc3c(-c4cccc(-c5ccc(CCC[C@@H]6CCC(=O)N6)c(OC)n5)c4Cl)cccc32)c(Cl)cc1CN1CC[C@@](C)(C(=O)O)C1. The van der Waals surface area contributed by atoms with E-state index in [4.69, 9.17) is 37.7 Å². The summed E-state index contributed by atoms with van der Waals surface area (Å²) in [5.41, 5.74) is 8.11. The van der Waals surface area contributed by atoms with Crippen molar-refractivity contribution in [3.05, 3.63) is 93.0 Å². The monoisotopic (exact) mass is 756 g/mol. The van der Waals surface area contributed by atoms with Crippen molar-refractivity contribution in [1.29, 1.82) is 0 Å². The number of carbonyl (C=O) groups is 2. The van der Waals surface area contributed by atoms with Crippen molar-refractivity contribution < 1.29 is 24.2 Å². The van der Waals surface area contributed by atoms with Crippen LogP contribution in [0.4, 0.5) is 5.69 Å². The third-order valence-corrected chi connectivity index (χ3v) is 11.9. The minimum absolute atomic E-state index is 0.0400. The molecular formula is C42H46Cl2N4O5. The van der Waals surface area contributed by atoms with Gasteiger partial charge < -0.3 is 25.2 Å². The van der Waals surface area contributed by atoms with Crippen molar-refractivity contribution in [2.75, 3.05) is 32.6 Å². The number of rotatable bonds is 13. The predicted molar refractivity (Wildman–Crippen MR) is 209 cm³/mol. The topological polar surface area (TPSA) is 113 Å². The Morgan fingerprint density at radius 1 is 1.02 bits per heavy atom. The number of methoxy groups -OCH3 is 2. The van der Waals surface area contributed by atoms with Gasteiger partial charge in [0.05, 0.1) is 47.1 Å². The van der Waals surface area contributed by atoms with Crippen LogP contribution in [-0.2, 0) is 29.0 Å². The van der Waals surface area contributed by atoms with Crippen LogP contribution in [0.3, 0.4) is 0 Å². The second-order valence-electron chi connectivity index (χ2n) is 14.8. The molecule has 3 aromatic carbocycles. The zero-order valence-electron chi connectivity index (χ0n) is 30.4. The number of fused-ring (bicyclic) bond motifs is 1. The van der Waals surface area contributed by atoms with Gasteiger partial charge in [-0.2, -0.15) is 0 Å². The quantitative estimate of drug-likeness (QED) is 0.124. The summed E-state index contributed by atoms with van der Waals surface area (Å²) in [6.45, 7) is 3.56. The van der Waals surface area contributed by atoms with E-state index in [1.165, 1.54) is 11.1 Å². The van der Waals surface area contributed by atoms with Crippen LogP contribution in [0.2, 0.25) is 10.0 Å². The average Bonchev–Trinajstić information content (AvgIpc) is 3.88. The highest BCUT2D eigenvalue weighted by Crippen LogP contribution is 2.45. The number of aryl methyl sites for hydroxylation is 1. The van der Waals surface area contributed by atoms with Gasteiger partial charge in [0.25, 0.3) is 0 Å². The highest BCUT2D eigenvalue weighted by Gasteiger charge is 2.40. The molecule has 53 heavy (non-hydrogen) atoms. The number of aromatic nitrogens is 1. The average molecular weight is 758 g/mol. The molecule has 0 radical (unpaired) electrons. The number of amides is 1. The van der Waals surface area contributed by atoms with Crippen LogP contribution in [0.5, 0.6) is 11.6 Å². The summed E-state index contributed by atoms with van der Waals surface area (Å²) in [5.74, 6) is 0.691. The number of hydrogen-bond acceptors (Lipinski definition) is 7. The molecule has 0 spiro atoms. The number of carboxylic acids is 1. The number of carboxylic acid groups (broad SMARTS) is 1. The van der Waals surface area contributed by atoms with Gasteiger partial charge in [0.2, 0.25) is 11.8 Å². The van der Waals surface area contributed by atoms with Crippen molar-refractivity contribution >= 4 is 40.8 Å². The van der Waals surface area contributed by atoms with E-state index in [-0.39, 0.29) is 18.0 Å². The Kier molecular flexibility index (Phi) is 10.9. The van der Waals surface area contributed by atoms with Crippen molar-refractivity contribution in [3.63, 3.8) is 0 Å². The van der Waals surface area contributed by atoms with Gasteiger partial charge in [0.15, 0.2) is 0 Å². The molecule has 3 N–H and O–H groups in total. The number of nitrogens with one attached hydrogen (secondary N) is 2. The maximum Gasteiger partial charge on any atom is 0.310 e. The van der Waals surface area contributed by atoms with Crippen LogP contribution < -0.4 is 20.1 Å². The lowest BCUT2D eigenvalue weighted by Gasteiger charge is -2.23. The molecule has 11 heteroatoms. The van der Waals surface area contributed by atoms with Gasteiger partial charge in [0.1, 0.15) is 5.75 Å². The van der Waals surface area contributed by atoms with Crippen molar-refractivity contribution in [2.45, 2.75) is 76.9 Å². The molecule has 1 aromatic heterocycles. The van der Waals surface area contributed by atoms with Crippen LogP contribution in [-0.4, -0.2) is 60.2 Å². The first-order chi connectivity index (χ1) is 25.6. The number of pyridine rings is 1. The van der Waals surface area contributed by atoms with E-state index in [0.29, 0.717) is 54.2 Å². The fraction of sp³-hybridized carbons (Fsp3) is 0.405. The molecule has 1 amide bonds. The van der Waals surface area contributed by atoms with Crippen molar-refractivity contribution in [1.82, 2.24) is 15.2 Å². The highest BCUT2D eigenvalue weighted by molar-refractivity contribution is 6.36. The van der Waals surface area contributed by atoms with Gasteiger partial charge in [-0.3, -0.25) is 14.5 Å². The molecule has 0 bridgehead atoms. The largest absolute Gasteiger partial charge is 0.496 e. The van der Waals surface area contributed by atoms with E-state index in [9.17, 15) is 14.7 Å². The van der Waals surface area contributed by atoms with E-state index in [1.807, 2.05) is 30.3 Å². The van der Waals surface area contributed by atoms with Crippen LogP contribution in [0.15, 0.2) is 60.7 Å². The third-order valence-electron chi connectivity index (χ3n) is 11.2. The molecule has 2 saturated heterocycles. The predicted octanol–water partition coefficient (Wildman–Crippen LogP) is 8.74. The summed E-state index contributed by atoms with van der Waals surface area (Å²) in [7, 11) is 3.30. The number of likely N-dealkylation sites (tertiary alicyclic amines) is 1. The van der Waals surface area contributed by atoms with Crippen molar-refractivity contribution in [2.24, 2.45) is 5.41 Å². The van der Waals surface area contributed by atoms with Gasteiger partial charge in [-0.15, -0.1) is 0 Å². The summed E-state index contributed by atoms with van der Waals surface area (Å²) >= 11 is 14.1. The molecule has 278 valence electrons. The number of benzene rings is 3. The second-order valence-corrected chi connectivity index (χ2v) is 15.6. The maximum atomic E-state index is 11.8. The molecule has 7 rings (SSSR count). The number of halogens is 2.